The molecular weight excluding hydrogens is 448 g/mol. The molecule has 0 saturated heterocycles. The standard InChI is InChI=1S/C19H23BrN2O5S/c1-13(14-6-5-7-15(20)10-14)21-19(23)12-22(2)28(24,25)16-8-9-17(26-3)18(11-16)27-4/h5-11,13H,12H2,1-4H3,(H,21,23). The molecule has 9 heteroatoms. The number of halogens is 1. The monoisotopic (exact) mass is 470 g/mol. The number of nitrogens with one attached hydrogen (secondary N) is 1. The lowest BCUT2D eigenvalue weighted by Crippen LogP contribution is -2.39. The normalized spacial score (nSPS) is 12.5. The fourth-order valence-corrected chi connectivity index (χ4v) is 4.15. The van der Waals surface area contributed by atoms with E-state index < -0.39 is 15.9 Å². The second-order valence-corrected chi connectivity index (χ2v) is 9.08. The molecule has 0 spiro atoms. The van der Waals surface area contributed by atoms with Crippen LogP contribution >= 0.6 is 15.9 Å². The molecule has 2 rings (SSSR count). The Balaban J connectivity index is 2.10. The van der Waals surface area contributed by atoms with Crippen LogP contribution in [0.1, 0.15) is 18.5 Å². The summed E-state index contributed by atoms with van der Waals surface area (Å²) < 4.78 is 37.7. The van der Waals surface area contributed by atoms with Gasteiger partial charge in [-0.15, -0.1) is 0 Å². The fourth-order valence-electron chi connectivity index (χ4n) is 2.59. The summed E-state index contributed by atoms with van der Waals surface area (Å²) in [6, 6.07) is 11.6. The number of hydrogen-bond acceptors (Lipinski definition) is 5. The van der Waals surface area contributed by atoms with Gasteiger partial charge in [0.25, 0.3) is 0 Å². The van der Waals surface area contributed by atoms with Crippen molar-refractivity contribution >= 4 is 31.9 Å². The molecule has 1 unspecified atom stereocenters. The summed E-state index contributed by atoms with van der Waals surface area (Å²) in [5.74, 6) is 0.313. The summed E-state index contributed by atoms with van der Waals surface area (Å²) in [4.78, 5) is 12.4. The smallest absolute Gasteiger partial charge is 0.243 e. The summed E-state index contributed by atoms with van der Waals surface area (Å²) in [6.07, 6.45) is 0. The first-order chi connectivity index (χ1) is 13.2. The van der Waals surface area contributed by atoms with E-state index in [4.69, 9.17) is 9.47 Å². The highest BCUT2D eigenvalue weighted by Gasteiger charge is 2.25. The van der Waals surface area contributed by atoms with E-state index in [9.17, 15) is 13.2 Å². The Labute approximate surface area is 173 Å². The number of ether oxygens (including phenoxy) is 2. The highest BCUT2D eigenvalue weighted by molar-refractivity contribution is 9.10. The fraction of sp³-hybridized carbons (Fsp3) is 0.316. The minimum atomic E-state index is -3.87. The van der Waals surface area contributed by atoms with Crippen molar-refractivity contribution in [3.63, 3.8) is 0 Å². The quantitative estimate of drug-likeness (QED) is 0.640. The number of sulfonamides is 1. The number of carbonyl (C=O) groups is 1. The zero-order valence-corrected chi connectivity index (χ0v) is 18.5. The van der Waals surface area contributed by atoms with Gasteiger partial charge in [-0.3, -0.25) is 4.79 Å². The van der Waals surface area contributed by atoms with Gasteiger partial charge in [-0.1, -0.05) is 28.1 Å². The Hall–Kier alpha value is -2.10. The molecular formula is C19H23BrN2O5S. The van der Waals surface area contributed by atoms with Crippen molar-refractivity contribution in [2.75, 3.05) is 27.8 Å². The van der Waals surface area contributed by atoms with Crippen molar-refractivity contribution < 1.29 is 22.7 Å². The maximum Gasteiger partial charge on any atom is 0.243 e. The lowest BCUT2D eigenvalue weighted by atomic mass is 10.1. The van der Waals surface area contributed by atoms with E-state index >= 15 is 0 Å². The average molecular weight is 471 g/mol. The first-order valence-corrected chi connectivity index (χ1v) is 10.7. The van der Waals surface area contributed by atoms with Crippen LogP contribution in [0.25, 0.3) is 0 Å². The highest BCUT2D eigenvalue weighted by Crippen LogP contribution is 2.30. The summed E-state index contributed by atoms with van der Waals surface area (Å²) in [5.41, 5.74) is 0.910. The second kappa shape index (κ2) is 9.40. The molecule has 1 atom stereocenters. The van der Waals surface area contributed by atoms with Crippen LogP contribution in [0.5, 0.6) is 11.5 Å². The maximum atomic E-state index is 12.8. The lowest BCUT2D eigenvalue weighted by Gasteiger charge is -2.20. The van der Waals surface area contributed by atoms with Gasteiger partial charge in [-0.05, 0) is 36.8 Å². The number of methoxy groups -OCH3 is 2. The molecule has 0 aromatic heterocycles. The first kappa shape index (κ1) is 22.2. The van der Waals surface area contributed by atoms with Crippen LogP contribution < -0.4 is 14.8 Å². The van der Waals surface area contributed by atoms with E-state index in [-0.39, 0.29) is 17.5 Å². The molecule has 2 aromatic carbocycles. The van der Waals surface area contributed by atoms with Crippen LogP contribution in [0, 0.1) is 0 Å². The summed E-state index contributed by atoms with van der Waals surface area (Å²) in [6.45, 7) is 1.53. The summed E-state index contributed by atoms with van der Waals surface area (Å²) >= 11 is 3.39. The molecule has 152 valence electrons. The van der Waals surface area contributed by atoms with Gasteiger partial charge in [0.15, 0.2) is 11.5 Å². The van der Waals surface area contributed by atoms with E-state index in [1.165, 1.54) is 39.5 Å². The van der Waals surface area contributed by atoms with Crippen molar-refractivity contribution in [3.8, 4) is 11.5 Å². The predicted molar refractivity (Wildman–Crippen MR) is 110 cm³/mol. The Morgan fingerprint density at radius 1 is 1.14 bits per heavy atom. The molecule has 0 fully saturated rings. The minimum Gasteiger partial charge on any atom is -0.493 e. The number of likely N-dealkylation sites (N-methyl/N-ethyl adjacent to an activating group) is 1. The van der Waals surface area contributed by atoms with Crippen LogP contribution in [0.2, 0.25) is 0 Å². The molecule has 0 radical (unpaired) electrons. The molecule has 2 aromatic rings. The zero-order valence-electron chi connectivity index (χ0n) is 16.1. The van der Waals surface area contributed by atoms with Crippen LogP contribution in [0.3, 0.4) is 0 Å². The Kier molecular flexibility index (Phi) is 7.45. The lowest BCUT2D eigenvalue weighted by molar-refractivity contribution is -0.121. The van der Waals surface area contributed by atoms with Gasteiger partial charge in [0.2, 0.25) is 15.9 Å². The van der Waals surface area contributed by atoms with Gasteiger partial charge in [0.1, 0.15) is 0 Å². The SMILES string of the molecule is COc1ccc(S(=O)(=O)N(C)CC(=O)NC(C)c2cccc(Br)c2)cc1OC. The van der Waals surface area contributed by atoms with Gasteiger partial charge in [0, 0.05) is 17.6 Å². The minimum absolute atomic E-state index is 0.0143. The molecule has 0 heterocycles. The molecule has 0 saturated carbocycles. The molecule has 1 amide bonds. The number of amides is 1. The van der Waals surface area contributed by atoms with E-state index in [0.29, 0.717) is 11.5 Å². The molecule has 7 nitrogen and oxygen atoms in total. The topological polar surface area (TPSA) is 84.9 Å². The maximum absolute atomic E-state index is 12.8. The third-order valence-corrected chi connectivity index (χ3v) is 6.45. The van der Waals surface area contributed by atoms with Crippen molar-refractivity contribution in [3.05, 3.63) is 52.5 Å². The van der Waals surface area contributed by atoms with Crippen molar-refractivity contribution in [2.45, 2.75) is 17.9 Å². The first-order valence-electron chi connectivity index (χ1n) is 8.42. The average Bonchev–Trinajstić information content (AvgIpc) is 2.67. The molecule has 1 N–H and O–H groups in total. The van der Waals surface area contributed by atoms with E-state index in [0.717, 1.165) is 14.3 Å². The van der Waals surface area contributed by atoms with Gasteiger partial charge < -0.3 is 14.8 Å². The van der Waals surface area contributed by atoms with Crippen molar-refractivity contribution in [1.29, 1.82) is 0 Å². The number of rotatable bonds is 8. The van der Waals surface area contributed by atoms with Crippen molar-refractivity contribution in [1.82, 2.24) is 9.62 Å². The van der Waals surface area contributed by atoms with Crippen molar-refractivity contribution in [2.24, 2.45) is 0 Å². The number of carbonyl (C=O) groups excluding carboxylic acids is 1. The van der Waals surface area contributed by atoms with Crippen LogP contribution in [0.4, 0.5) is 0 Å². The Morgan fingerprint density at radius 3 is 2.43 bits per heavy atom. The second-order valence-electron chi connectivity index (χ2n) is 6.12. The molecule has 0 aliphatic carbocycles. The van der Waals surface area contributed by atoms with Crippen LogP contribution in [-0.2, 0) is 14.8 Å². The van der Waals surface area contributed by atoms with E-state index in [2.05, 4.69) is 21.2 Å². The third kappa shape index (κ3) is 5.24. The molecule has 0 aliphatic heterocycles. The van der Waals surface area contributed by atoms with Crippen LogP contribution in [0.15, 0.2) is 51.8 Å². The molecule has 0 bridgehead atoms. The Bertz CT molecular complexity index is 949. The van der Waals surface area contributed by atoms with E-state index in [1.807, 2.05) is 31.2 Å². The Morgan fingerprint density at radius 2 is 1.82 bits per heavy atom. The zero-order chi connectivity index (χ0) is 20.9. The molecule has 28 heavy (non-hydrogen) atoms. The molecule has 0 aliphatic rings. The van der Waals surface area contributed by atoms with Gasteiger partial charge in [0.05, 0.1) is 31.7 Å². The predicted octanol–water partition coefficient (Wildman–Crippen LogP) is 2.96. The number of hydrogen-bond donors (Lipinski definition) is 1. The van der Waals surface area contributed by atoms with Gasteiger partial charge in [-0.2, -0.15) is 4.31 Å². The van der Waals surface area contributed by atoms with Gasteiger partial charge >= 0.3 is 0 Å². The summed E-state index contributed by atoms with van der Waals surface area (Å²) in [7, 11) is 0.380. The number of nitrogens with zero attached hydrogens (tertiary/aromatic N) is 1. The van der Waals surface area contributed by atoms with Crippen LogP contribution in [-0.4, -0.2) is 46.4 Å². The summed E-state index contributed by atoms with van der Waals surface area (Å²) in [5, 5.41) is 2.81. The number of benzene rings is 2. The third-order valence-electron chi connectivity index (χ3n) is 4.16. The van der Waals surface area contributed by atoms with Gasteiger partial charge in [-0.25, -0.2) is 8.42 Å². The van der Waals surface area contributed by atoms with E-state index in [1.54, 1.807) is 0 Å². The largest absolute Gasteiger partial charge is 0.493 e. The highest BCUT2D eigenvalue weighted by atomic mass is 79.9.